The lowest BCUT2D eigenvalue weighted by Gasteiger charge is -2.13. The smallest absolute Gasteiger partial charge is 0.289 e. The van der Waals surface area contributed by atoms with Crippen molar-refractivity contribution in [2.45, 2.75) is 17.4 Å². The van der Waals surface area contributed by atoms with Crippen LogP contribution in [0.1, 0.15) is 5.56 Å². The molecule has 0 bridgehead atoms. The molecule has 0 aliphatic heterocycles. The lowest BCUT2D eigenvalue weighted by molar-refractivity contribution is -0.387. The first-order chi connectivity index (χ1) is 10.9. The summed E-state index contributed by atoms with van der Waals surface area (Å²) in [7, 11) is -3.99. The molecule has 7 nitrogen and oxygen atoms in total. The molecular formula is C15H18ClN3O4S. The molecule has 24 heavy (non-hydrogen) atoms. The summed E-state index contributed by atoms with van der Waals surface area (Å²) in [5.41, 5.74) is 6.46. The molecule has 0 saturated heterocycles. The summed E-state index contributed by atoms with van der Waals surface area (Å²) in [4.78, 5) is 9.85. The number of nitrogens with one attached hydrogen (secondary N) is 1. The number of hydrogen-bond donors (Lipinski definition) is 2. The first-order valence-electron chi connectivity index (χ1n) is 6.93. The Hall–Kier alpha value is -2.00. The Balaban J connectivity index is 0.00000288. The quantitative estimate of drug-likeness (QED) is 0.569. The highest BCUT2D eigenvalue weighted by Gasteiger charge is 2.25. The second kappa shape index (κ2) is 8.74. The molecule has 0 fully saturated rings. The maximum Gasteiger partial charge on any atom is 0.289 e. The van der Waals surface area contributed by atoms with E-state index in [1.807, 2.05) is 30.3 Å². The largest absolute Gasteiger partial charge is 0.326 e. The van der Waals surface area contributed by atoms with Crippen LogP contribution >= 0.6 is 12.4 Å². The predicted octanol–water partition coefficient (Wildman–Crippen LogP) is 1.86. The molecule has 130 valence electrons. The zero-order valence-electron chi connectivity index (χ0n) is 12.7. The van der Waals surface area contributed by atoms with Crippen LogP contribution < -0.4 is 10.5 Å². The Kier molecular flexibility index (Phi) is 7.30. The number of hydrogen-bond acceptors (Lipinski definition) is 5. The average Bonchev–Trinajstić information content (AvgIpc) is 2.54. The summed E-state index contributed by atoms with van der Waals surface area (Å²) in [6.07, 6.45) is 0.500. The third-order valence-corrected chi connectivity index (χ3v) is 4.70. The van der Waals surface area contributed by atoms with Gasteiger partial charge in [0.15, 0.2) is 4.90 Å². The number of para-hydroxylation sites is 1. The van der Waals surface area contributed by atoms with Gasteiger partial charge in [0.25, 0.3) is 5.69 Å². The van der Waals surface area contributed by atoms with Crippen molar-refractivity contribution in [3.63, 3.8) is 0 Å². The lowest BCUT2D eigenvalue weighted by atomic mass is 10.1. The summed E-state index contributed by atoms with van der Waals surface area (Å²) in [6.45, 7) is -0.0106. The first kappa shape index (κ1) is 20.0. The van der Waals surface area contributed by atoms with E-state index >= 15 is 0 Å². The topological polar surface area (TPSA) is 115 Å². The Bertz CT molecular complexity index is 784. The van der Waals surface area contributed by atoms with Crippen LogP contribution in [0.5, 0.6) is 0 Å². The van der Waals surface area contributed by atoms with E-state index in [1.165, 1.54) is 18.2 Å². The Morgan fingerprint density at radius 1 is 1.08 bits per heavy atom. The average molecular weight is 372 g/mol. The monoisotopic (exact) mass is 371 g/mol. The summed E-state index contributed by atoms with van der Waals surface area (Å²) in [5, 5.41) is 10.9. The fourth-order valence-electron chi connectivity index (χ4n) is 2.12. The molecule has 0 aliphatic rings. The van der Waals surface area contributed by atoms with Crippen molar-refractivity contribution in [2.24, 2.45) is 5.73 Å². The third kappa shape index (κ3) is 5.27. The molecule has 2 aromatic rings. The highest BCUT2D eigenvalue weighted by atomic mass is 35.5. The fraction of sp³-hybridized carbons (Fsp3) is 0.200. The van der Waals surface area contributed by atoms with Gasteiger partial charge in [0, 0.05) is 18.7 Å². The number of nitrogens with zero attached hydrogens (tertiary/aromatic N) is 1. The molecule has 0 heterocycles. The molecule has 2 aromatic carbocycles. The molecule has 3 N–H and O–H groups in total. The molecule has 9 heteroatoms. The van der Waals surface area contributed by atoms with E-state index in [0.717, 1.165) is 11.6 Å². The number of benzene rings is 2. The van der Waals surface area contributed by atoms with Crippen LogP contribution in [0.25, 0.3) is 0 Å². The Labute approximate surface area is 146 Å². The van der Waals surface area contributed by atoms with Gasteiger partial charge in [-0.05, 0) is 18.1 Å². The van der Waals surface area contributed by atoms with Gasteiger partial charge < -0.3 is 5.73 Å². The maximum atomic E-state index is 12.2. The van der Waals surface area contributed by atoms with Crippen molar-refractivity contribution >= 4 is 28.1 Å². The van der Waals surface area contributed by atoms with Crippen LogP contribution in [0.4, 0.5) is 5.69 Å². The van der Waals surface area contributed by atoms with Gasteiger partial charge in [0.1, 0.15) is 0 Å². The number of halogens is 1. The number of nitrogens with two attached hydrogens (primary N) is 1. The molecule has 0 unspecified atom stereocenters. The van der Waals surface area contributed by atoms with Crippen LogP contribution in [0, 0.1) is 10.1 Å². The molecule has 0 aromatic heterocycles. The van der Waals surface area contributed by atoms with E-state index in [2.05, 4.69) is 4.72 Å². The van der Waals surface area contributed by atoms with Gasteiger partial charge in [-0.15, -0.1) is 12.4 Å². The summed E-state index contributed by atoms with van der Waals surface area (Å²) >= 11 is 0. The lowest BCUT2D eigenvalue weighted by Crippen LogP contribution is -2.38. The van der Waals surface area contributed by atoms with E-state index in [0.29, 0.717) is 6.42 Å². The number of sulfonamides is 1. The van der Waals surface area contributed by atoms with Crippen molar-refractivity contribution in [2.75, 3.05) is 6.54 Å². The molecule has 0 saturated carbocycles. The zero-order valence-corrected chi connectivity index (χ0v) is 14.3. The molecule has 0 amide bonds. The van der Waals surface area contributed by atoms with Crippen LogP contribution in [0.3, 0.4) is 0 Å². The zero-order chi connectivity index (χ0) is 16.9. The molecule has 0 radical (unpaired) electrons. The van der Waals surface area contributed by atoms with Gasteiger partial charge in [-0.25, -0.2) is 13.1 Å². The van der Waals surface area contributed by atoms with Gasteiger partial charge in [-0.3, -0.25) is 10.1 Å². The maximum absolute atomic E-state index is 12.2. The fourth-order valence-corrected chi connectivity index (χ4v) is 3.38. The van der Waals surface area contributed by atoms with Gasteiger partial charge in [-0.2, -0.15) is 0 Å². The van der Waals surface area contributed by atoms with Crippen molar-refractivity contribution in [3.8, 4) is 0 Å². The van der Waals surface area contributed by atoms with Crippen LogP contribution in [0.2, 0.25) is 0 Å². The van der Waals surface area contributed by atoms with Crippen molar-refractivity contribution < 1.29 is 13.3 Å². The van der Waals surface area contributed by atoms with Gasteiger partial charge in [0.2, 0.25) is 10.0 Å². The third-order valence-electron chi connectivity index (χ3n) is 3.23. The predicted molar refractivity (Wildman–Crippen MR) is 93.7 cm³/mol. The number of nitro benzene ring substituents is 1. The Morgan fingerprint density at radius 3 is 2.29 bits per heavy atom. The van der Waals surface area contributed by atoms with Gasteiger partial charge in [-0.1, -0.05) is 42.5 Å². The number of nitro groups is 1. The normalized spacial score (nSPS) is 12.2. The van der Waals surface area contributed by atoms with Crippen LogP contribution in [0.15, 0.2) is 59.5 Å². The standard InChI is InChI=1S/C15H17N3O4S.ClH/c16-13(10-12-6-2-1-3-7-12)11-17-23(21,22)15-9-5-4-8-14(15)18(19)20;/h1-9,13,17H,10-11,16H2;1H/t13-;/m0./s1. The first-order valence-corrected chi connectivity index (χ1v) is 8.41. The van der Waals surface area contributed by atoms with Gasteiger partial charge >= 0.3 is 0 Å². The van der Waals surface area contributed by atoms with Crippen molar-refractivity contribution in [1.29, 1.82) is 0 Å². The highest BCUT2D eigenvalue weighted by Crippen LogP contribution is 2.22. The minimum Gasteiger partial charge on any atom is -0.326 e. The molecular weight excluding hydrogens is 354 g/mol. The van der Waals surface area contributed by atoms with E-state index in [4.69, 9.17) is 5.73 Å². The minimum absolute atomic E-state index is 0. The van der Waals surface area contributed by atoms with E-state index in [9.17, 15) is 18.5 Å². The van der Waals surface area contributed by atoms with Crippen LogP contribution in [-0.2, 0) is 16.4 Å². The van der Waals surface area contributed by atoms with E-state index < -0.39 is 26.7 Å². The summed E-state index contributed by atoms with van der Waals surface area (Å²) in [6, 6.07) is 14.2. The minimum atomic E-state index is -3.99. The SMILES string of the molecule is Cl.N[C@H](CNS(=O)(=O)c1ccccc1[N+](=O)[O-])Cc1ccccc1. The second-order valence-corrected chi connectivity index (χ2v) is 6.76. The molecule has 0 spiro atoms. The number of rotatable bonds is 7. The molecule has 0 aliphatic carbocycles. The second-order valence-electron chi connectivity index (χ2n) is 5.03. The highest BCUT2D eigenvalue weighted by molar-refractivity contribution is 7.89. The van der Waals surface area contributed by atoms with Gasteiger partial charge in [0.05, 0.1) is 4.92 Å². The van der Waals surface area contributed by atoms with E-state index in [-0.39, 0.29) is 23.8 Å². The molecule has 2 rings (SSSR count). The van der Waals surface area contributed by atoms with Crippen molar-refractivity contribution in [3.05, 3.63) is 70.3 Å². The summed E-state index contributed by atoms with van der Waals surface area (Å²) in [5.74, 6) is 0. The summed E-state index contributed by atoms with van der Waals surface area (Å²) < 4.78 is 26.8. The van der Waals surface area contributed by atoms with Crippen molar-refractivity contribution in [1.82, 2.24) is 4.72 Å². The van der Waals surface area contributed by atoms with E-state index in [1.54, 1.807) is 0 Å². The van der Waals surface area contributed by atoms with Crippen LogP contribution in [-0.4, -0.2) is 25.9 Å². The molecule has 1 atom stereocenters. The Morgan fingerprint density at radius 2 is 1.67 bits per heavy atom.